The SMILES string of the molecule is COc1cc2c(c(Br)c1OC)CCN(Cc1ccccc1)CC2c1ccccc1. The molecule has 3 aromatic carbocycles. The summed E-state index contributed by atoms with van der Waals surface area (Å²) in [6.45, 7) is 2.91. The summed E-state index contributed by atoms with van der Waals surface area (Å²) in [5.41, 5.74) is 5.30. The molecule has 0 radical (unpaired) electrons. The Hall–Kier alpha value is -2.30. The number of ether oxygens (including phenoxy) is 2. The fourth-order valence-electron chi connectivity index (χ4n) is 4.25. The van der Waals surface area contributed by atoms with Gasteiger partial charge in [-0.05, 0) is 50.7 Å². The molecular weight excluding hydrogens is 426 g/mol. The van der Waals surface area contributed by atoms with Crippen molar-refractivity contribution in [1.82, 2.24) is 4.90 Å². The average molecular weight is 452 g/mol. The summed E-state index contributed by atoms with van der Waals surface area (Å²) in [4.78, 5) is 2.55. The van der Waals surface area contributed by atoms with Gasteiger partial charge in [0.15, 0.2) is 11.5 Å². The van der Waals surface area contributed by atoms with E-state index in [1.807, 2.05) is 0 Å². The number of hydrogen-bond donors (Lipinski definition) is 0. The third kappa shape index (κ3) is 4.19. The molecule has 0 amide bonds. The van der Waals surface area contributed by atoms with E-state index in [9.17, 15) is 0 Å². The molecule has 0 saturated carbocycles. The zero-order valence-electron chi connectivity index (χ0n) is 16.9. The van der Waals surface area contributed by atoms with Crippen molar-refractivity contribution in [3.63, 3.8) is 0 Å². The van der Waals surface area contributed by atoms with Gasteiger partial charge in [0.1, 0.15) is 0 Å². The Bertz CT molecular complexity index is 960. The van der Waals surface area contributed by atoms with Crippen LogP contribution in [-0.2, 0) is 13.0 Å². The van der Waals surface area contributed by atoms with E-state index < -0.39 is 0 Å². The highest BCUT2D eigenvalue weighted by Gasteiger charge is 2.29. The lowest BCUT2D eigenvalue weighted by atomic mass is 9.87. The van der Waals surface area contributed by atoms with Crippen molar-refractivity contribution in [1.29, 1.82) is 0 Å². The number of fused-ring (bicyclic) bond motifs is 1. The van der Waals surface area contributed by atoms with Crippen molar-refractivity contribution in [2.24, 2.45) is 0 Å². The molecule has 150 valence electrons. The van der Waals surface area contributed by atoms with Crippen LogP contribution in [0.15, 0.2) is 71.2 Å². The topological polar surface area (TPSA) is 21.7 Å². The molecule has 4 rings (SSSR count). The van der Waals surface area contributed by atoms with Crippen LogP contribution in [0.25, 0.3) is 0 Å². The molecule has 1 aliphatic heterocycles. The maximum absolute atomic E-state index is 5.66. The number of rotatable bonds is 5. The van der Waals surface area contributed by atoms with Gasteiger partial charge < -0.3 is 9.47 Å². The minimum absolute atomic E-state index is 0.272. The van der Waals surface area contributed by atoms with Gasteiger partial charge in [-0.25, -0.2) is 0 Å². The van der Waals surface area contributed by atoms with Crippen molar-refractivity contribution in [2.45, 2.75) is 18.9 Å². The maximum atomic E-state index is 5.66. The molecule has 0 N–H and O–H groups in total. The second kappa shape index (κ2) is 9.02. The monoisotopic (exact) mass is 451 g/mol. The molecule has 0 spiro atoms. The Morgan fingerprint density at radius 1 is 0.966 bits per heavy atom. The van der Waals surface area contributed by atoms with Crippen molar-refractivity contribution in [3.05, 3.63) is 93.5 Å². The molecule has 0 fully saturated rings. The first-order valence-corrected chi connectivity index (χ1v) is 10.7. The minimum Gasteiger partial charge on any atom is -0.493 e. The number of hydrogen-bond acceptors (Lipinski definition) is 3. The molecule has 4 heteroatoms. The molecule has 1 atom stereocenters. The van der Waals surface area contributed by atoms with Crippen molar-refractivity contribution >= 4 is 15.9 Å². The van der Waals surface area contributed by atoms with E-state index in [0.29, 0.717) is 0 Å². The van der Waals surface area contributed by atoms with Crippen LogP contribution < -0.4 is 9.47 Å². The molecule has 29 heavy (non-hydrogen) atoms. The van der Waals surface area contributed by atoms with Gasteiger partial charge in [-0.3, -0.25) is 4.90 Å². The van der Waals surface area contributed by atoms with Gasteiger partial charge in [-0.15, -0.1) is 0 Å². The first-order valence-electron chi connectivity index (χ1n) is 9.95. The summed E-state index contributed by atoms with van der Waals surface area (Å²) in [5, 5.41) is 0. The summed E-state index contributed by atoms with van der Waals surface area (Å²) in [6.07, 6.45) is 0.965. The summed E-state index contributed by atoms with van der Waals surface area (Å²) in [5.74, 6) is 1.82. The van der Waals surface area contributed by atoms with E-state index >= 15 is 0 Å². The summed E-state index contributed by atoms with van der Waals surface area (Å²) in [7, 11) is 3.40. The van der Waals surface area contributed by atoms with Crippen LogP contribution in [0.5, 0.6) is 11.5 Å². The highest BCUT2D eigenvalue weighted by atomic mass is 79.9. The Kier molecular flexibility index (Phi) is 6.22. The maximum Gasteiger partial charge on any atom is 0.175 e. The van der Waals surface area contributed by atoms with E-state index in [1.54, 1.807) is 14.2 Å². The predicted molar refractivity (Wildman–Crippen MR) is 121 cm³/mol. The Balaban J connectivity index is 1.78. The molecule has 3 nitrogen and oxygen atoms in total. The van der Waals surface area contributed by atoms with Crippen molar-refractivity contribution in [2.75, 3.05) is 27.3 Å². The molecule has 0 aromatic heterocycles. The molecule has 0 bridgehead atoms. The van der Waals surface area contributed by atoms with Crippen LogP contribution in [0.1, 0.15) is 28.2 Å². The van der Waals surface area contributed by atoms with Crippen LogP contribution in [0.3, 0.4) is 0 Å². The zero-order valence-corrected chi connectivity index (χ0v) is 18.5. The second-order valence-electron chi connectivity index (χ2n) is 7.43. The van der Waals surface area contributed by atoms with Crippen LogP contribution >= 0.6 is 15.9 Å². The van der Waals surface area contributed by atoms with E-state index in [0.717, 1.165) is 42.0 Å². The van der Waals surface area contributed by atoms with E-state index in [4.69, 9.17) is 9.47 Å². The predicted octanol–water partition coefficient (Wildman–Crippen LogP) is 5.66. The Morgan fingerprint density at radius 2 is 1.66 bits per heavy atom. The molecule has 0 aliphatic carbocycles. The number of halogens is 1. The van der Waals surface area contributed by atoms with Crippen LogP contribution in [0.2, 0.25) is 0 Å². The lowest BCUT2D eigenvalue weighted by Crippen LogP contribution is -2.28. The average Bonchev–Trinajstić information content (AvgIpc) is 2.95. The molecule has 3 aromatic rings. The molecule has 1 heterocycles. The third-order valence-corrected chi connectivity index (χ3v) is 6.53. The third-order valence-electron chi connectivity index (χ3n) is 5.69. The van der Waals surface area contributed by atoms with Crippen LogP contribution in [0.4, 0.5) is 0 Å². The number of methoxy groups -OCH3 is 2. The van der Waals surface area contributed by atoms with Crippen molar-refractivity contribution < 1.29 is 9.47 Å². The lowest BCUT2D eigenvalue weighted by molar-refractivity contribution is 0.268. The summed E-state index contributed by atoms with van der Waals surface area (Å²) < 4.78 is 12.3. The highest BCUT2D eigenvalue weighted by Crippen LogP contribution is 2.44. The van der Waals surface area contributed by atoms with Gasteiger partial charge >= 0.3 is 0 Å². The first kappa shape index (κ1) is 20.0. The fourth-order valence-corrected chi connectivity index (χ4v) is 5.03. The van der Waals surface area contributed by atoms with Gasteiger partial charge in [0.05, 0.1) is 18.7 Å². The largest absolute Gasteiger partial charge is 0.493 e. The Morgan fingerprint density at radius 3 is 2.31 bits per heavy atom. The molecule has 1 aliphatic rings. The van der Waals surface area contributed by atoms with Gasteiger partial charge in [0.25, 0.3) is 0 Å². The summed E-state index contributed by atoms with van der Waals surface area (Å²) in [6, 6.07) is 23.7. The highest BCUT2D eigenvalue weighted by molar-refractivity contribution is 9.10. The molecule has 1 unspecified atom stereocenters. The fraction of sp³-hybridized carbons (Fsp3) is 0.280. The van der Waals surface area contributed by atoms with E-state index in [1.165, 1.54) is 22.3 Å². The van der Waals surface area contributed by atoms with E-state index in [-0.39, 0.29) is 5.92 Å². The van der Waals surface area contributed by atoms with Gasteiger partial charge in [-0.1, -0.05) is 60.7 Å². The van der Waals surface area contributed by atoms with Crippen molar-refractivity contribution in [3.8, 4) is 11.5 Å². The number of nitrogens with zero attached hydrogens (tertiary/aromatic N) is 1. The normalized spacial score (nSPS) is 16.7. The Labute approximate surface area is 181 Å². The molecular formula is C25H26BrNO2. The zero-order chi connectivity index (χ0) is 20.2. The quantitative estimate of drug-likeness (QED) is 0.499. The summed E-state index contributed by atoms with van der Waals surface area (Å²) >= 11 is 3.82. The number of benzene rings is 3. The molecule has 0 saturated heterocycles. The van der Waals surface area contributed by atoms with Gasteiger partial charge in [-0.2, -0.15) is 0 Å². The van der Waals surface area contributed by atoms with Crippen LogP contribution in [0, 0.1) is 0 Å². The van der Waals surface area contributed by atoms with E-state index in [2.05, 4.69) is 87.6 Å². The minimum atomic E-state index is 0.272. The smallest absolute Gasteiger partial charge is 0.175 e. The second-order valence-corrected chi connectivity index (χ2v) is 8.22. The first-order chi connectivity index (χ1) is 14.2. The van der Waals surface area contributed by atoms with Crippen LogP contribution in [-0.4, -0.2) is 32.2 Å². The van der Waals surface area contributed by atoms with Gasteiger partial charge in [0.2, 0.25) is 0 Å². The van der Waals surface area contributed by atoms with Gasteiger partial charge in [0, 0.05) is 25.6 Å². The standard InChI is InChI=1S/C25H26BrNO2/c1-28-23-15-21-20(24(26)25(23)29-2)13-14-27(16-18-9-5-3-6-10-18)17-22(21)19-11-7-4-8-12-19/h3-12,15,22H,13-14,16-17H2,1-2H3. The lowest BCUT2D eigenvalue weighted by Gasteiger charge is -2.26.